The van der Waals surface area contributed by atoms with Crippen molar-refractivity contribution in [1.29, 1.82) is 10.5 Å². The van der Waals surface area contributed by atoms with E-state index >= 15 is 4.39 Å². The van der Waals surface area contributed by atoms with Gasteiger partial charge in [-0.2, -0.15) is 20.5 Å². The van der Waals surface area contributed by atoms with E-state index < -0.39 is 29.4 Å². The zero-order valence-electron chi connectivity index (χ0n) is 25.6. The molecule has 2 aromatic carbocycles. The van der Waals surface area contributed by atoms with Crippen LogP contribution in [0.1, 0.15) is 37.7 Å². The average molecular weight is 696 g/mol. The maximum absolute atomic E-state index is 17.2. The number of nitrogens with zero attached hydrogens (tertiary/aromatic N) is 6. The molecule has 2 N–H and O–H groups in total. The number of fused-ring (bicyclic) bond motifs is 4. The van der Waals surface area contributed by atoms with E-state index in [-0.39, 0.29) is 85.1 Å². The van der Waals surface area contributed by atoms with Crippen LogP contribution in [-0.4, -0.2) is 78.2 Å². The fraction of sp³-hybridized carbons (Fsp3) is 0.455. The number of ether oxygens (including phenoxy) is 3. The monoisotopic (exact) mass is 695 g/mol. The second kappa shape index (κ2) is 11.8. The Morgan fingerprint density at radius 2 is 2.04 bits per heavy atom. The van der Waals surface area contributed by atoms with Gasteiger partial charge in [-0.1, -0.05) is 17.7 Å². The molecule has 0 bridgehead atoms. The molecule has 0 spiro atoms. The third-order valence-electron chi connectivity index (χ3n) is 10.1. The standard InChI is InChI=1S/C33H29ClF3N7O3S/c34-25-23(17-2-3-19(36)29-22(17)18(13-39)30(40)48-29)26(37)27-24-28(25)46-10-5-20-21(4-7-38)45-11-9-44(20)31(24)42-32(41-27)47-15-33-6-1-8-43(33)14-16(35)12-33/h2-3,16,20-21H,1,4-6,8-12,14-15,40H2/t16-,20?,21?,33+/m1/s1. The number of rotatable bonds is 5. The highest BCUT2D eigenvalue weighted by atomic mass is 35.5. The molecule has 3 fully saturated rings. The van der Waals surface area contributed by atoms with Crippen LogP contribution in [0.3, 0.4) is 0 Å². The maximum Gasteiger partial charge on any atom is 0.319 e. The summed E-state index contributed by atoms with van der Waals surface area (Å²) < 4.78 is 65.3. The van der Waals surface area contributed by atoms with Crippen molar-refractivity contribution in [3.05, 3.63) is 34.4 Å². The highest BCUT2D eigenvalue weighted by Gasteiger charge is 2.49. The van der Waals surface area contributed by atoms with Gasteiger partial charge in [0.05, 0.1) is 64.1 Å². The first kappa shape index (κ1) is 31.2. The molecule has 48 heavy (non-hydrogen) atoms. The van der Waals surface area contributed by atoms with E-state index in [1.807, 2.05) is 11.0 Å². The summed E-state index contributed by atoms with van der Waals surface area (Å²) in [6, 6.07) is 6.32. The lowest BCUT2D eigenvalue weighted by atomic mass is 9.95. The first-order valence-electron chi connectivity index (χ1n) is 15.8. The van der Waals surface area contributed by atoms with E-state index in [1.165, 1.54) is 12.1 Å². The number of anilines is 2. The van der Waals surface area contributed by atoms with Crippen LogP contribution in [0.25, 0.3) is 32.1 Å². The van der Waals surface area contributed by atoms with Gasteiger partial charge >= 0.3 is 6.01 Å². The molecule has 2 aromatic heterocycles. The molecule has 4 atom stereocenters. The lowest BCUT2D eigenvalue weighted by Gasteiger charge is -2.42. The summed E-state index contributed by atoms with van der Waals surface area (Å²) in [5.41, 5.74) is 5.47. The largest absolute Gasteiger partial charge is 0.491 e. The Kier molecular flexibility index (Phi) is 7.68. The Morgan fingerprint density at radius 1 is 1.19 bits per heavy atom. The SMILES string of the molecule is N#CCC1OCCN2c3nc(OC[C@@]45CCCN4C[C@H](F)C5)nc4c(F)c(-c5ccc(F)c6sc(N)c(C#N)c56)c(Cl)c(c34)OCCC12. The number of morpholine rings is 1. The average Bonchev–Trinajstić information content (AvgIpc) is 3.71. The van der Waals surface area contributed by atoms with Gasteiger partial charge in [0.15, 0.2) is 11.6 Å². The summed E-state index contributed by atoms with van der Waals surface area (Å²) in [6.07, 6.45) is 1.15. The van der Waals surface area contributed by atoms with Crippen LogP contribution in [-0.2, 0) is 4.74 Å². The van der Waals surface area contributed by atoms with Gasteiger partial charge in [0.2, 0.25) is 0 Å². The molecular weight excluding hydrogens is 667 g/mol. The highest BCUT2D eigenvalue weighted by Crippen LogP contribution is 2.51. The van der Waals surface area contributed by atoms with Crippen LogP contribution in [0, 0.1) is 34.3 Å². The van der Waals surface area contributed by atoms with Crippen LogP contribution < -0.4 is 20.1 Å². The van der Waals surface area contributed by atoms with Crippen molar-refractivity contribution in [1.82, 2.24) is 14.9 Å². The number of hydrogen-bond donors (Lipinski definition) is 1. The second-order valence-corrected chi connectivity index (χ2v) is 14.1. The normalized spacial score (nSPS) is 25.2. The molecule has 0 radical (unpaired) electrons. The Hall–Kier alpha value is -4.08. The summed E-state index contributed by atoms with van der Waals surface area (Å²) >= 11 is 7.93. The molecule has 4 aromatic rings. The number of hydrogen-bond acceptors (Lipinski definition) is 11. The number of nitrogen functional groups attached to an aromatic ring is 1. The van der Waals surface area contributed by atoms with E-state index in [1.54, 1.807) is 0 Å². The summed E-state index contributed by atoms with van der Waals surface area (Å²) in [5, 5.41) is 19.8. The Morgan fingerprint density at radius 3 is 2.85 bits per heavy atom. The highest BCUT2D eigenvalue weighted by molar-refractivity contribution is 7.23. The Balaban J connectivity index is 1.35. The molecule has 0 amide bonds. The summed E-state index contributed by atoms with van der Waals surface area (Å²) in [6.45, 7) is 2.06. The number of aromatic nitrogens is 2. The molecule has 3 saturated heterocycles. The van der Waals surface area contributed by atoms with Gasteiger partial charge in [-0.05, 0) is 31.0 Å². The number of alkyl halides is 1. The fourth-order valence-corrected chi connectivity index (χ4v) is 9.27. The van der Waals surface area contributed by atoms with E-state index in [2.05, 4.69) is 16.0 Å². The van der Waals surface area contributed by atoms with Crippen molar-refractivity contribution in [3.63, 3.8) is 0 Å². The zero-order valence-corrected chi connectivity index (χ0v) is 27.1. The minimum Gasteiger partial charge on any atom is -0.491 e. The number of thiophene rings is 1. The van der Waals surface area contributed by atoms with Crippen molar-refractivity contribution >= 4 is 54.7 Å². The van der Waals surface area contributed by atoms with Gasteiger partial charge in [-0.3, -0.25) is 4.90 Å². The van der Waals surface area contributed by atoms with E-state index in [9.17, 15) is 19.3 Å². The van der Waals surface area contributed by atoms with Crippen molar-refractivity contribution in [2.75, 3.05) is 50.1 Å². The minimum absolute atomic E-state index is 0.0128. The number of halogens is 4. The van der Waals surface area contributed by atoms with Crippen molar-refractivity contribution in [3.8, 4) is 35.0 Å². The molecule has 2 unspecified atom stereocenters. The van der Waals surface area contributed by atoms with Crippen molar-refractivity contribution in [2.24, 2.45) is 0 Å². The molecule has 15 heteroatoms. The van der Waals surface area contributed by atoms with E-state index in [4.69, 9.17) is 36.5 Å². The summed E-state index contributed by atoms with van der Waals surface area (Å²) in [5.74, 6) is -1.02. The third-order valence-corrected chi connectivity index (χ3v) is 11.5. The van der Waals surface area contributed by atoms with E-state index in [0.717, 1.165) is 30.7 Å². The number of nitrogens with two attached hydrogens (primary N) is 1. The first-order valence-corrected chi connectivity index (χ1v) is 17.0. The maximum atomic E-state index is 17.2. The van der Waals surface area contributed by atoms with Crippen LogP contribution in [0.15, 0.2) is 12.1 Å². The van der Waals surface area contributed by atoms with Crippen LogP contribution >= 0.6 is 22.9 Å². The van der Waals surface area contributed by atoms with Crippen molar-refractivity contribution < 1.29 is 27.4 Å². The molecule has 10 nitrogen and oxygen atoms in total. The molecule has 0 aliphatic carbocycles. The zero-order chi connectivity index (χ0) is 33.3. The quantitative estimate of drug-likeness (QED) is 0.260. The smallest absolute Gasteiger partial charge is 0.319 e. The van der Waals surface area contributed by atoms with Crippen LogP contribution in [0.5, 0.6) is 11.8 Å². The van der Waals surface area contributed by atoms with Crippen LogP contribution in [0.4, 0.5) is 24.0 Å². The Bertz CT molecular complexity index is 2070. The van der Waals surface area contributed by atoms with Gasteiger partial charge in [0.25, 0.3) is 0 Å². The van der Waals surface area contributed by atoms with Gasteiger partial charge in [-0.15, -0.1) is 11.3 Å². The lowest BCUT2D eigenvalue weighted by molar-refractivity contribution is 0.00847. The molecule has 4 aliphatic heterocycles. The molecule has 8 rings (SSSR count). The van der Waals surface area contributed by atoms with Crippen molar-refractivity contribution in [2.45, 2.75) is 56.0 Å². The van der Waals surface area contributed by atoms with Gasteiger partial charge < -0.3 is 24.8 Å². The first-order chi connectivity index (χ1) is 23.2. The number of nitriles is 2. The second-order valence-electron chi connectivity index (χ2n) is 12.7. The van der Waals surface area contributed by atoms with E-state index in [0.29, 0.717) is 38.4 Å². The molecule has 0 saturated carbocycles. The Labute approximate surface area is 282 Å². The number of benzene rings is 2. The van der Waals surface area contributed by atoms with Gasteiger partial charge in [0.1, 0.15) is 41.0 Å². The fourth-order valence-electron chi connectivity index (χ4n) is 7.99. The third kappa shape index (κ3) is 4.72. The minimum atomic E-state index is -0.968. The van der Waals surface area contributed by atoms with Gasteiger partial charge in [-0.25, -0.2) is 13.2 Å². The molecule has 4 aliphatic rings. The predicted molar refractivity (Wildman–Crippen MR) is 174 cm³/mol. The predicted octanol–water partition coefficient (Wildman–Crippen LogP) is 6.12. The van der Waals surface area contributed by atoms with Gasteiger partial charge in [0, 0.05) is 36.9 Å². The molecule has 248 valence electrons. The molecular formula is C33H29ClF3N7O3S. The topological polar surface area (TPSA) is 134 Å². The van der Waals surface area contributed by atoms with Crippen LogP contribution in [0.2, 0.25) is 5.02 Å². The lowest BCUT2D eigenvalue weighted by Crippen LogP contribution is -2.53. The summed E-state index contributed by atoms with van der Waals surface area (Å²) in [4.78, 5) is 13.5. The molecule has 6 heterocycles. The summed E-state index contributed by atoms with van der Waals surface area (Å²) in [7, 11) is 0.